The van der Waals surface area contributed by atoms with Gasteiger partial charge < -0.3 is 15.0 Å². The highest BCUT2D eigenvalue weighted by molar-refractivity contribution is 7.90. The number of ether oxygens (including phenoxy) is 1. The third-order valence-corrected chi connectivity index (χ3v) is 8.50. The maximum absolute atomic E-state index is 12.8. The zero-order valence-electron chi connectivity index (χ0n) is 17.9. The molecule has 6 nitrogen and oxygen atoms in total. The molecule has 2 saturated carbocycles. The summed E-state index contributed by atoms with van der Waals surface area (Å²) in [5, 5.41) is 3.05. The molecule has 0 spiro atoms. The SMILES string of the molecule is CNC1=C2C=CC(OC(F)F)=CC2N(C2CCC2)C1=C1C=CC(NS(=O)(=O)C2CC2)=CC1. The molecule has 0 radical (unpaired) electrons. The van der Waals surface area contributed by atoms with Gasteiger partial charge in [0, 0.05) is 24.4 Å². The normalized spacial score (nSPS) is 27.9. The van der Waals surface area contributed by atoms with Gasteiger partial charge in [-0.15, -0.1) is 0 Å². The highest BCUT2D eigenvalue weighted by atomic mass is 32.2. The third-order valence-electron chi connectivity index (χ3n) is 6.63. The van der Waals surface area contributed by atoms with Crippen molar-refractivity contribution in [3.63, 3.8) is 0 Å². The number of hydrogen-bond acceptors (Lipinski definition) is 5. The van der Waals surface area contributed by atoms with Gasteiger partial charge in [0.1, 0.15) is 5.76 Å². The highest BCUT2D eigenvalue weighted by Crippen LogP contribution is 2.45. The molecule has 5 rings (SSSR count). The molecule has 1 atom stereocenters. The molecule has 0 aromatic rings. The van der Waals surface area contributed by atoms with Crippen LogP contribution in [0.2, 0.25) is 0 Å². The van der Waals surface area contributed by atoms with Gasteiger partial charge in [0.15, 0.2) is 0 Å². The maximum atomic E-state index is 12.8. The number of allylic oxidation sites excluding steroid dienone is 5. The lowest BCUT2D eigenvalue weighted by molar-refractivity contribution is -0.0927. The van der Waals surface area contributed by atoms with Crippen LogP contribution >= 0.6 is 0 Å². The molecule has 2 fully saturated rings. The summed E-state index contributed by atoms with van der Waals surface area (Å²) < 4.78 is 57.5. The Balaban J connectivity index is 1.47. The molecule has 0 saturated heterocycles. The van der Waals surface area contributed by atoms with Gasteiger partial charge in [-0.3, -0.25) is 4.72 Å². The molecule has 0 aromatic heterocycles. The molecular formula is C23H27F2N3O3S. The molecule has 1 aliphatic heterocycles. The molecular weight excluding hydrogens is 436 g/mol. The number of fused-ring (bicyclic) bond motifs is 1. The van der Waals surface area contributed by atoms with Crippen LogP contribution in [0.3, 0.4) is 0 Å². The number of nitrogens with one attached hydrogen (secondary N) is 2. The summed E-state index contributed by atoms with van der Waals surface area (Å²) in [4.78, 5) is 2.32. The molecule has 9 heteroatoms. The summed E-state index contributed by atoms with van der Waals surface area (Å²) in [6, 6.07) is 0.155. The Morgan fingerprint density at radius 1 is 1.12 bits per heavy atom. The van der Waals surface area contributed by atoms with Gasteiger partial charge in [-0.1, -0.05) is 18.2 Å². The van der Waals surface area contributed by atoms with E-state index in [2.05, 4.69) is 19.7 Å². The summed E-state index contributed by atoms with van der Waals surface area (Å²) in [6.45, 7) is -2.86. The summed E-state index contributed by atoms with van der Waals surface area (Å²) in [7, 11) is -1.44. The van der Waals surface area contributed by atoms with Gasteiger partial charge in [-0.25, -0.2) is 8.42 Å². The first-order valence-corrected chi connectivity index (χ1v) is 12.6. The molecule has 4 aliphatic carbocycles. The van der Waals surface area contributed by atoms with E-state index >= 15 is 0 Å². The summed E-state index contributed by atoms with van der Waals surface area (Å²) >= 11 is 0. The second kappa shape index (κ2) is 8.10. The van der Waals surface area contributed by atoms with E-state index in [0.717, 1.165) is 54.6 Å². The number of halogens is 2. The second-order valence-electron chi connectivity index (χ2n) is 8.72. The molecule has 2 N–H and O–H groups in total. The van der Waals surface area contributed by atoms with E-state index in [4.69, 9.17) is 0 Å². The minimum Gasteiger partial charge on any atom is -0.435 e. The molecule has 32 heavy (non-hydrogen) atoms. The molecule has 5 aliphatic rings. The van der Waals surface area contributed by atoms with Crippen LogP contribution in [0, 0.1) is 0 Å². The smallest absolute Gasteiger partial charge is 0.387 e. The maximum Gasteiger partial charge on any atom is 0.387 e. The van der Waals surface area contributed by atoms with Crippen LogP contribution in [0.15, 0.2) is 70.5 Å². The fourth-order valence-corrected chi connectivity index (χ4v) is 6.11. The van der Waals surface area contributed by atoms with Crippen molar-refractivity contribution in [2.24, 2.45) is 0 Å². The fraction of sp³-hybridized carbons (Fsp3) is 0.478. The zero-order chi connectivity index (χ0) is 22.5. The van der Waals surface area contributed by atoms with Crippen molar-refractivity contribution >= 4 is 10.0 Å². The summed E-state index contributed by atoms with van der Waals surface area (Å²) in [5.41, 5.74) is 4.71. The first-order valence-electron chi connectivity index (χ1n) is 11.1. The van der Waals surface area contributed by atoms with Crippen LogP contribution in [0.1, 0.15) is 38.5 Å². The molecule has 0 bridgehead atoms. The van der Waals surface area contributed by atoms with E-state index < -0.39 is 16.6 Å². The molecule has 172 valence electrons. The van der Waals surface area contributed by atoms with E-state index in [1.165, 1.54) is 0 Å². The van der Waals surface area contributed by atoms with Crippen molar-refractivity contribution in [3.05, 3.63) is 70.5 Å². The first-order chi connectivity index (χ1) is 15.4. The van der Waals surface area contributed by atoms with Crippen LogP contribution < -0.4 is 10.0 Å². The Kier molecular flexibility index (Phi) is 5.39. The van der Waals surface area contributed by atoms with E-state index in [9.17, 15) is 17.2 Å². The molecule has 0 aromatic carbocycles. The number of likely N-dealkylation sites (N-methyl/N-ethyl adjacent to an activating group) is 1. The van der Waals surface area contributed by atoms with Crippen LogP contribution in [-0.2, 0) is 14.8 Å². The van der Waals surface area contributed by atoms with Gasteiger partial charge in [0.25, 0.3) is 0 Å². The largest absolute Gasteiger partial charge is 0.435 e. The van der Waals surface area contributed by atoms with Crippen LogP contribution in [0.5, 0.6) is 0 Å². The van der Waals surface area contributed by atoms with Crippen LogP contribution in [0.25, 0.3) is 0 Å². The Morgan fingerprint density at radius 3 is 2.47 bits per heavy atom. The Bertz CT molecular complexity index is 1090. The van der Waals surface area contributed by atoms with Crippen molar-refractivity contribution in [2.75, 3.05) is 7.05 Å². The zero-order valence-corrected chi connectivity index (χ0v) is 18.7. The Labute approximate surface area is 187 Å². The average Bonchev–Trinajstić information content (AvgIpc) is 3.52. The van der Waals surface area contributed by atoms with Crippen molar-refractivity contribution in [2.45, 2.75) is 62.5 Å². The lowest BCUT2D eigenvalue weighted by Crippen LogP contribution is -2.44. The Hall–Kier alpha value is -2.55. The van der Waals surface area contributed by atoms with Crippen LogP contribution in [0.4, 0.5) is 8.78 Å². The first kappa shape index (κ1) is 21.3. The van der Waals surface area contributed by atoms with Crippen LogP contribution in [-0.4, -0.2) is 44.3 Å². The summed E-state index contributed by atoms with van der Waals surface area (Å²) in [6.07, 6.45) is 16.1. The van der Waals surface area contributed by atoms with Gasteiger partial charge in [0.2, 0.25) is 10.0 Å². The topological polar surface area (TPSA) is 70.7 Å². The number of rotatable bonds is 7. The minimum atomic E-state index is -3.30. The van der Waals surface area contributed by atoms with Crippen molar-refractivity contribution in [3.8, 4) is 0 Å². The van der Waals surface area contributed by atoms with E-state index in [1.54, 1.807) is 12.2 Å². The van der Waals surface area contributed by atoms with Crippen molar-refractivity contribution in [1.82, 2.24) is 14.9 Å². The van der Waals surface area contributed by atoms with E-state index in [0.29, 0.717) is 18.2 Å². The fourth-order valence-electron chi connectivity index (χ4n) is 4.71. The highest BCUT2D eigenvalue weighted by Gasteiger charge is 2.42. The standard InChI is InChI=1S/C23H27F2N3O3S/c1-26-21-19-12-9-17(31-23(24)25)13-20(19)28(16-3-2-4-16)22(21)14-5-7-15(8-6-14)27-32(29,30)18-10-11-18/h5,7-9,12-13,16,18,20,23,26-27H,2-4,6,10-11H2,1H3. The monoisotopic (exact) mass is 463 g/mol. The second-order valence-corrected chi connectivity index (χ2v) is 10.7. The van der Waals surface area contributed by atoms with Gasteiger partial charge in [-0.2, -0.15) is 8.78 Å². The molecule has 0 amide bonds. The predicted octanol–water partition coefficient (Wildman–Crippen LogP) is 3.57. The number of nitrogens with zero attached hydrogens (tertiary/aromatic N) is 1. The third kappa shape index (κ3) is 3.87. The van der Waals surface area contributed by atoms with E-state index in [-0.39, 0.29) is 17.1 Å². The lowest BCUT2D eigenvalue weighted by Gasteiger charge is -2.42. The number of hydrogen-bond donors (Lipinski definition) is 2. The van der Waals surface area contributed by atoms with E-state index in [1.807, 2.05) is 31.4 Å². The number of sulfonamides is 1. The lowest BCUT2D eigenvalue weighted by atomic mass is 9.89. The van der Waals surface area contributed by atoms with Gasteiger partial charge in [-0.05, 0) is 62.3 Å². The minimum absolute atomic E-state index is 0.170. The van der Waals surface area contributed by atoms with Gasteiger partial charge >= 0.3 is 6.61 Å². The number of alkyl halides is 2. The summed E-state index contributed by atoms with van der Waals surface area (Å²) in [5.74, 6) is 0.177. The molecule has 1 heterocycles. The quantitative estimate of drug-likeness (QED) is 0.604. The average molecular weight is 464 g/mol. The van der Waals surface area contributed by atoms with Gasteiger partial charge in [0.05, 0.1) is 22.7 Å². The predicted molar refractivity (Wildman–Crippen MR) is 118 cm³/mol. The van der Waals surface area contributed by atoms with Crippen molar-refractivity contribution in [1.29, 1.82) is 0 Å². The molecule has 1 unspecified atom stereocenters. The van der Waals surface area contributed by atoms with Crippen molar-refractivity contribution < 1.29 is 21.9 Å². The Morgan fingerprint density at radius 2 is 1.91 bits per heavy atom.